The Morgan fingerprint density at radius 1 is 1.12 bits per heavy atom. The summed E-state index contributed by atoms with van der Waals surface area (Å²) in [4.78, 5) is 34.4. The van der Waals surface area contributed by atoms with E-state index < -0.39 is 16.5 Å². The third-order valence-corrected chi connectivity index (χ3v) is 3.72. The second kappa shape index (κ2) is 6.96. The van der Waals surface area contributed by atoms with Crippen LogP contribution in [-0.2, 0) is 6.42 Å². The van der Waals surface area contributed by atoms with Crippen LogP contribution in [0.25, 0.3) is 10.8 Å². The molecule has 0 bridgehead atoms. The first-order valence-corrected chi connectivity index (χ1v) is 7.59. The van der Waals surface area contributed by atoms with E-state index in [1.54, 1.807) is 0 Å². The van der Waals surface area contributed by atoms with E-state index in [2.05, 4.69) is 5.32 Å². The lowest BCUT2D eigenvalue weighted by molar-refractivity contribution is -0.384. The fourth-order valence-electron chi connectivity index (χ4n) is 2.46. The largest absolute Gasteiger partial charge is 0.417 e. The van der Waals surface area contributed by atoms with Crippen molar-refractivity contribution in [3.63, 3.8) is 0 Å². The normalized spacial score (nSPS) is 10.6. The highest BCUT2D eigenvalue weighted by atomic mass is 16.6. The third-order valence-electron chi connectivity index (χ3n) is 3.72. The second-order valence-electron chi connectivity index (χ2n) is 5.42. The van der Waals surface area contributed by atoms with E-state index in [4.69, 9.17) is 4.42 Å². The van der Waals surface area contributed by atoms with E-state index in [1.807, 2.05) is 30.3 Å². The Morgan fingerprint density at radius 2 is 1.88 bits per heavy atom. The van der Waals surface area contributed by atoms with Gasteiger partial charge in [0.05, 0.1) is 10.3 Å². The standard InChI is InChI=1S/C18H14N2O5/c21-17(19-9-8-12-4-2-1-3-5-12)16-11-13-10-14(20(23)24)6-7-15(13)18(22)25-16/h1-7,10-11H,8-9H2,(H,19,21). The first-order valence-electron chi connectivity index (χ1n) is 7.59. The lowest BCUT2D eigenvalue weighted by Gasteiger charge is -2.05. The zero-order valence-electron chi connectivity index (χ0n) is 13.1. The molecule has 2 aromatic carbocycles. The van der Waals surface area contributed by atoms with Gasteiger partial charge in [0.15, 0.2) is 5.76 Å². The van der Waals surface area contributed by atoms with Crippen LogP contribution >= 0.6 is 0 Å². The van der Waals surface area contributed by atoms with E-state index in [1.165, 1.54) is 24.3 Å². The molecule has 7 heteroatoms. The Hall–Kier alpha value is -3.48. The first kappa shape index (κ1) is 16.4. The smallest absolute Gasteiger partial charge is 0.344 e. The molecule has 25 heavy (non-hydrogen) atoms. The van der Waals surface area contributed by atoms with Crippen LogP contribution in [0.1, 0.15) is 16.1 Å². The molecule has 0 saturated carbocycles. The van der Waals surface area contributed by atoms with Crippen LogP contribution in [0.5, 0.6) is 0 Å². The molecular formula is C18H14N2O5. The van der Waals surface area contributed by atoms with E-state index in [0.717, 1.165) is 5.56 Å². The van der Waals surface area contributed by atoms with Gasteiger partial charge in [0.1, 0.15) is 0 Å². The molecule has 7 nitrogen and oxygen atoms in total. The van der Waals surface area contributed by atoms with Gasteiger partial charge < -0.3 is 9.73 Å². The minimum absolute atomic E-state index is 0.159. The van der Waals surface area contributed by atoms with Crippen molar-refractivity contribution >= 4 is 22.4 Å². The molecule has 1 aromatic heterocycles. The van der Waals surface area contributed by atoms with Gasteiger partial charge in [0.2, 0.25) is 0 Å². The Balaban J connectivity index is 1.79. The number of nitrogens with one attached hydrogen (secondary N) is 1. The maximum Gasteiger partial charge on any atom is 0.344 e. The van der Waals surface area contributed by atoms with E-state index >= 15 is 0 Å². The average Bonchev–Trinajstić information content (AvgIpc) is 2.62. The van der Waals surface area contributed by atoms with Gasteiger partial charge in [-0.15, -0.1) is 0 Å². The van der Waals surface area contributed by atoms with Crippen LogP contribution in [0.15, 0.2) is 63.8 Å². The van der Waals surface area contributed by atoms with Crippen LogP contribution in [0.4, 0.5) is 5.69 Å². The topological polar surface area (TPSA) is 102 Å². The van der Waals surface area contributed by atoms with Crippen LogP contribution in [0.3, 0.4) is 0 Å². The fourth-order valence-corrected chi connectivity index (χ4v) is 2.46. The van der Waals surface area contributed by atoms with Crippen LogP contribution < -0.4 is 10.9 Å². The van der Waals surface area contributed by atoms with Crippen LogP contribution in [-0.4, -0.2) is 17.4 Å². The summed E-state index contributed by atoms with van der Waals surface area (Å²) in [5.41, 5.74) is 0.201. The minimum Gasteiger partial charge on any atom is -0.417 e. The summed E-state index contributed by atoms with van der Waals surface area (Å²) in [6.07, 6.45) is 0.635. The molecule has 3 rings (SSSR count). The highest BCUT2D eigenvalue weighted by Crippen LogP contribution is 2.19. The predicted octanol–water partition coefficient (Wildman–Crippen LogP) is 2.67. The number of carbonyl (C=O) groups excluding carboxylic acids is 1. The molecule has 1 N–H and O–H groups in total. The van der Waals surface area contributed by atoms with Gasteiger partial charge in [0.25, 0.3) is 11.6 Å². The molecule has 0 aliphatic carbocycles. The van der Waals surface area contributed by atoms with E-state index in [-0.39, 0.29) is 16.8 Å². The van der Waals surface area contributed by atoms with Crippen molar-refractivity contribution in [2.75, 3.05) is 6.54 Å². The molecule has 0 atom stereocenters. The van der Waals surface area contributed by atoms with Gasteiger partial charge in [-0.05, 0) is 29.5 Å². The number of benzene rings is 2. The Kier molecular flexibility index (Phi) is 4.56. The van der Waals surface area contributed by atoms with Crippen molar-refractivity contribution in [2.24, 2.45) is 0 Å². The van der Waals surface area contributed by atoms with Crippen molar-refractivity contribution in [2.45, 2.75) is 6.42 Å². The van der Waals surface area contributed by atoms with E-state index in [0.29, 0.717) is 18.4 Å². The van der Waals surface area contributed by atoms with Crippen LogP contribution in [0.2, 0.25) is 0 Å². The van der Waals surface area contributed by atoms with Gasteiger partial charge >= 0.3 is 5.63 Å². The van der Waals surface area contributed by atoms with Gasteiger partial charge in [-0.1, -0.05) is 30.3 Å². The minimum atomic E-state index is -0.708. The highest BCUT2D eigenvalue weighted by Gasteiger charge is 2.14. The van der Waals surface area contributed by atoms with Gasteiger partial charge in [-0.3, -0.25) is 14.9 Å². The number of nitrogens with zero attached hydrogens (tertiary/aromatic N) is 1. The van der Waals surface area contributed by atoms with Crippen LogP contribution in [0, 0.1) is 10.1 Å². The first-order chi connectivity index (χ1) is 12.0. The lowest BCUT2D eigenvalue weighted by atomic mass is 10.1. The van der Waals surface area contributed by atoms with Crippen molar-refractivity contribution < 1.29 is 14.1 Å². The van der Waals surface area contributed by atoms with E-state index in [9.17, 15) is 19.7 Å². The number of fused-ring (bicyclic) bond motifs is 1. The number of carbonyl (C=O) groups is 1. The maximum absolute atomic E-state index is 12.2. The summed E-state index contributed by atoms with van der Waals surface area (Å²) in [5, 5.41) is 14.0. The van der Waals surface area contributed by atoms with Crippen molar-refractivity contribution in [3.05, 3.63) is 86.5 Å². The zero-order valence-corrected chi connectivity index (χ0v) is 13.1. The summed E-state index contributed by atoms with van der Waals surface area (Å²) in [5.74, 6) is -0.715. The number of hydrogen-bond acceptors (Lipinski definition) is 5. The summed E-state index contributed by atoms with van der Waals surface area (Å²) in [6.45, 7) is 0.375. The molecule has 126 valence electrons. The monoisotopic (exact) mass is 338 g/mol. The molecule has 0 unspecified atom stereocenters. The zero-order chi connectivity index (χ0) is 17.8. The average molecular weight is 338 g/mol. The third kappa shape index (κ3) is 3.72. The number of rotatable bonds is 5. The molecule has 0 radical (unpaired) electrons. The predicted molar refractivity (Wildman–Crippen MR) is 91.6 cm³/mol. The Labute approximate surface area is 142 Å². The second-order valence-corrected chi connectivity index (χ2v) is 5.42. The summed E-state index contributed by atoms with van der Waals surface area (Å²) >= 11 is 0. The molecule has 0 aliphatic rings. The fraction of sp³-hybridized carbons (Fsp3) is 0.111. The summed E-state index contributed by atoms with van der Waals surface area (Å²) in [7, 11) is 0. The molecule has 0 fully saturated rings. The highest BCUT2D eigenvalue weighted by molar-refractivity contribution is 5.95. The maximum atomic E-state index is 12.2. The number of non-ortho nitro benzene ring substituents is 1. The lowest BCUT2D eigenvalue weighted by Crippen LogP contribution is -2.26. The molecule has 0 spiro atoms. The summed E-state index contributed by atoms with van der Waals surface area (Å²) < 4.78 is 5.02. The quantitative estimate of drug-likeness (QED) is 0.569. The SMILES string of the molecule is O=C(NCCc1ccccc1)c1cc2cc([N+](=O)[O-])ccc2c(=O)o1. The number of nitro groups is 1. The van der Waals surface area contributed by atoms with Crippen molar-refractivity contribution in [3.8, 4) is 0 Å². The molecule has 1 heterocycles. The molecular weight excluding hydrogens is 324 g/mol. The molecule has 0 aliphatic heterocycles. The van der Waals surface area contributed by atoms with Crippen molar-refractivity contribution in [1.29, 1.82) is 0 Å². The summed E-state index contributed by atoms with van der Waals surface area (Å²) in [6, 6.07) is 14.7. The van der Waals surface area contributed by atoms with Gasteiger partial charge in [0, 0.05) is 18.7 Å². The molecule has 1 amide bonds. The number of amides is 1. The van der Waals surface area contributed by atoms with Gasteiger partial charge in [-0.2, -0.15) is 0 Å². The number of nitro benzene ring substituents is 1. The Morgan fingerprint density at radius 3 is 2.60 bits per heavy atom. The Bertz CT molecular complexity index is 995. The molecule has 3 aromatic rings. The number of hydrogen-bond donors (Lipinski definition) is 1. The van der Waals surface area contributed by atoms with Gasteiger partial charge in [-0.25, -0.2) is 4.79 Å². The molecule has 0 saturated heterocycles. The van der Waals surface area contributed by atoms with Crippen molar-refractivity contribution in [1.82, 2.24) is 5.32 Å².